The molecule has 29 heavy (non-hydrogen) atoms. The van der Waals surface area contributed by atoms with E-state index in [2.05, 4.69) is 10.2 Å². The zero-order chi connectivity index (χ0) is 21.0. The third kappa shape index (κ3) is 4.66. The first-order valence-corrected chi connectivity index (χ1v) is 9.46. The van der Waals surface area contributed by atoms with Crippen LogP contribution >= 0.6 is 11.8 Å². The first-order valence-electron chi connectivity index (χ1n) is 8.58. The Balaban J connectivity index is 1.73. The summed E-state index contributed by atoms with van der Waals surface area (Å²) < 4.78 is 0. The number of carbonyl (C=O) groups is 2. The van der Waals surface area contributed by atoms with E-state index in [-0.39, 0.29) is 23.0 Å². The van der Waals surface area contributed by atoms with Crippen molar-refractivity contribution in [1.82, 2.24) is 0 Å². The first-order chi connectivity index (χ1) is 13.9. The molecule has 1 aliphatic rings. The quantitative estimate of drug-likeness (QED) is 0.265. The minimum atomic E-state index is -0.766. The van der Waals surface area contributed by atoms with Crippen LogP contribution in [0.2, 0.25) is 0 Å². The van der Waals surface area contributed by atoms with Crippen LogP contribution in [0.1, 0.15) is 18.9 Å². The number of anilines is 1. The number of amidine groups is 1. The highest BCUT2D eigenvalue weighted by Gasteiger charge is 2.41. The largest absolute Gasteiger partial charge is 0.377 e. The Labute approximate surface area is 170 Å². The van der Waals surface area contributed by atoms with Gasteiger partial charge >= 0.3 is 0 Å². The van der Waals surface area contributed by atoms with Crippen LogP contribution in [0.4, 0.5) is 11.4 Å². The summed E-state index contributed by atoms with van der Waals surface area (Å²) in [5.41, 5.74) is 7.37. The van der Waals surface area contributed by atoms with Gasteiger partial charge in [0.1, 0.15) is 5.25 Å². The van der Waals surface area contributed by atoms with E-state index < -0.39 is 22.0 Å². The van der Waals surface area contributed by atoms with Crippen LogP contribution in [-0.2, 0) is 9.59 Å². The molecule has 2 amide bonds. The maximum Gasteiger partial charge on any atom is 0.271 e. The predicted molar refractivity (Wildman–Crippen MR) is 112 cm³/mol. The van der Waals surface area contributed by atoms with Gasteiger partial charge in [0.05, 0.1) is 16.3 Å². The predicted octanol–water partition coefficient (Wildman–Crippen LogP) is 2.70. The van der Waals surface area contributed by atoms with Crippen LogP contribution < -0.4 is 10.6 Å². The molecule has 0 radical (unpaired) electrons. The van der Waals surface area contributed by atoms with Gasteiger partial charge in [-0.3, -0.25) is 19.7 Å². The number of nitro groups is 1. The van der Waals surface area contributed by atoms with Crippen molar-refractivity contribution in [3.8, 4) is 0 Å². The number of nitrogens with zero attached hydrogens (tertiary/aromatic N) is 4. The Morgan fingerprint density at radius 3 is 2.59 bits per heavy atom. The fraction of sp³-hybridized carbons (Fsp3) is 0.158. The summed E-state index contributed by atoms with van der Waals surface area (Å²) >= 11 is 0.940. The van der Waals surface area contributed by atoms with Crippen LogP contribution in [0, 0.1) is 10.1 Å². The van der Waals surface area contributed by atoms with Gasteiger partial charge in [-0.05, 0) is 18.6 Å². The molecule has 1 aliphatic heterocycles. The number of imide groups is 1. The maximum absolute atomic E-state index is 12.7. The van der Waals surface area contributed by atoms with Gasteiger partial charge in [0, 0.05) is 18.6 Å². The summed E-state index contributed by atoms with van der Waals surface area (Å²) in [4.78, 5) is 36.3. The summed E-state index contributed by atoms with van der Waals surface area (Å²) in [6.45, 7) is 1.78. The molecule has 2 aromatic carbocycles. The number of rotatable bonds is 5. The number of hydrogen-bond acceptors (Lipinski definition) is 7. The molecule has 3 rings (SSSR count). The van der Waals surface area contributed by atoms with E-state index in [1.54, 1.807) is 6.92 Å². The normalized spacial score (nSPS) is 17.7. The van der Waals surface area contributed by atoms with E-state index >= 15 is 0 Å². The molecular formula is C19H17N5O4S. The summed E-state index contributed by atoms with van der Waals surface area (Å²) in [6, 6.07) is 14.8. The lowest BCUT2D eigenvalue weighted by atomic mass is 10.1. The van der Waals surface area contributed by atoms with E-state index in [4.69, 9.17) is 5.73 Å². The zero-order valence-corrected chi connectivity index (χ0v) is 16.2. The molecule has 0 spiro atoms. The van der Waals surface area contributed by atoms with Crippen molar-refractivity contribution < 1.29 is 14.5 Å². The number of nitro benzene ring substituents is 1. The Morgan fingerprint density at radius 2 is 1.90 bits per heavy atom. The third-order valence-electron chi connectivity index (χ3n) is 4.16. The highest BCUT2D eigenvalue weighted by molar-refractivity contribution is 8.14. The van der Waals surface area contributed by atoms with Crippen molar-refractivity contribution in [3.63, 3.8) is 0 Å². The summed E-state index contributed by atoms with van der Waals surface area (Å²) in [5, 5.41) is 18.2. The lowest BCUT2D eigenvalue weighted by Gasteiger charge is -2.14. The van der Waals surface area contributed by atoms with Gasteiger partial charge < -0.3 is 5.73 Å². The Bertz CT molecular complexity index is 1020. The molecular weight excluding hydrogens is 394 g/mol. The van der Waals surface area contributed by atoms with Crippen LogP contribution in [0.5, 0.6) is 0 Å². The van der Waals surface area contributed by atoms with Crippen molar-refractivity contribution in [2.75, 3.05) is 4.90 Å². The number of nitrogens with two attached hydrogens (primary N) is 1. The average Bonchev–Trinajstić information content (AvgIpc) is 2.99. The number of non-ortho nitro benzene ring substituents is 1. The number of carbonyl (C=O) groups excluding carboxylic acids is 2. The van der Waals surface area contributed by atoms with Crippen molar-refractivity contribution in [2.24, 2.45) is 15.9 Å². The standard InChI is InChI=1S/C19H17N5O4S/c1-12(13-6-3-2-4-7-13)21-22-19(20)29-16-11-17(25)23(18(16)26)14-8-5-9-15(10-14)24(27)28/h2-10,16H,11H2,1H3,(H2,20,22)/b21-12+. The molecule has 1 unspecified atom stereocenters. The van der Waals surface area contributed by atoms with E-state index in [0.717, 1.165) is 22.2 Å². The molecule has 10 heteroatoms. The second kappa shape index (κ2) is 8.65. The molecule has 0 bridgehead atoms. The fourth-order valence-corrected chi connectivity index (χ4v) is 3.56. The number of amides is 2. The van der Waals surface area contributed by atoms with Crippen molar-refractivity contribution in [2.45, 2.75) is 18.6 Å². The molecule has 9 nitrogen and oxygen atoms in total. The maximum atomic E-state index is 12.7. The van der Waals surface area contributed by atoms with Crippen LogP contribution in [0.25, 0.3) is 0 Å². The highest BCUT2D eigenvalue weighted by atomic mass is 32.2. The van der Waals surface area contributed by atoms with E-state index in [1.807, 2.05) is 30.3 Å². The molecule has 148 valence electrons. The van der Waals surface area contributed by atoms with E-state index in [0.29, 0.717) is 5.71 Å². The lowest BCUT2D eigenvalue weighted by molar-refractivity contribution is -0.384. The minimum absolute atomic E-state index is 0.0484. The Morgan fingerprint density at radius 1 is 1.17 bits per heavy atom. The van der Waals surface area contributed by atoms with E-state index in [9.17, 15) is 19.7 Å². The first kappa shape index (κ1) is 20.2. The van der Waals surface area contributed by atoms with Gasteiger partial charge in [0.25, 0.3) is 5.69 Å². The number of thioether (sulfide) groups is 1. The van der Waals surface area contributed by atoms with Crippen molar-refractivity contribution in [1.29, 1.82) is 0 Å². The molecule has 1 atom stereocenters. The molecule has 1 heterocycles. The molecule has 1 saturated heterocycles. The second-order valence-corrected chi connectivity index (χ2v) is 7.37. The SMILES string of the molecule is C/C(=N\N=C(N)SC1CC(=O)N(c2cccc([N+](=O)[O-])c2)C1=O)c1ccccc1. The van der Waals surface area contributed by atoms with Crippen molar-refractivity contribution in [3.05, 3.63) is 70.3 Å². The number of benzene rings is 2. The van der Waals surface area contributed by atoms with E-state index in [1.165, 1.54) is 24.3 Å². The molecule has 1 fully saturated rings. The van der Waals surface area contributed by atoms with Gasteiger partial charge in [-0.1, -0.05) is 48.2 Å². The summed E-state index contributed by atoms with van der Waals surface area (Å²) in [5.74, 6) is -0.952. The Kier molecular flexibility index (Phi) is 6.03. The van der Waals surface area contributed by atoms with Crippen LogP contribution in [0.3, 0.4) is 0 Å². The molecule has 2 aromatic rings. The van der Waals surface area contributed by atoms with Gasteiger partial charge in [-0.2, -0.15) is 5.10 Å². The van der Waals surface area contributed by atoms with Crippen LogP contribution in [-0.4, -0.2) is 32.9 Å². The van der Waals surface area contributed by atoms with Crippen LogP contribution in [0.15, 0.2) is 64.8 Å². The molecule has 2 N–H and O–H groups in total. The highest BCUT2D eigenvalue weighted by Crippen LogP contribution is 2.31. The van der Waals surface area contributed by atoms with Gasteiger partial charge in [-0.25, -0.2) is 4.90 Å². The van der Waals surface area contributed by atoms with Gasteiger partial charge in [0.15, 0.2) is 5.17 Å². The smallest absolute Gasteiger partial charge is 0.271 e. The lowest BCUT2D eigenvalue weighted by Crippen LogP contribution is -2.31. The molecule has 0 saturated carbocycles. The third-order valence-corrected chi connectivity index (χ3v) is 5.13. The van der Waals surface area contributed by atoms with Gasteiger partial charge in [0.2, 0.25) is 11.8 Å². The summed E-state index contributed by atoms with van der Waals surface area (Å²) in [6.07, 6.45) is -0.0796. The Hall–Kier alpha value is -3.53. The summed E-state index contributed by atoms with van der Waals surface area (Å²) in [7, 11) is 0. The van der Waals surface area contributed by atoms with Gasteiger partial charge in [-0.15, -0.1) is 5.10 Å². The molecule has 0 aliphatic carbocycles. The topological polar surface area (TPSA) is 131 Å². The zero-order valence-electron chi connectivity index (χ0n) is 15.4. The monoisotopic (exact) mass is 411 g/mol. The number of hydrogen-bond donors (Lipinski definition) is 1. The average molecular weight is 411 g/mol. The fourth-order valence-electron chi connectivity index (χ4n) is 2.74. The second-order valence-electron chi connectivity index (χ2n) is 6.14. The minimum Gasteiger partial charge on any atom is -0.377 e. The molecule has 0 aromatic heterocycles. The van der Waals surface area contributed by atoms with Crippen molar-refractivity contribution >= 4 is 45.8 Å².